The van der Waals surface area contributed by atoms with Crippen molar-refractivity contribution in [2.24, 2.45) is 5.92 Å². The molecule has 1 heterocycles. The van der Waals surface area contributed by atoms with Crippen molar-refractivity contribution < 1.29 is 19.4 Å². The normalized spacial score (nSPS) is 21.6. The van der Waals surface area contributed by atoms with E-state index in [-0.39, 0.29) is 24.8 Å². The van der Waals surface area contributed by atoms with Crippen LogP contribution in [0.1, 0.15) is 19.8 Å². The summed E-state index contributed by atoms with van der Waals surface area (Å²) in [7, 11) is 0. The standard InChI is InChI=1S/C15H19NO4/c1-11-8-10-20-14(11)15(19)16(9-7-13(17)18)12-5-3-2-4-6-12/h2-6,11,14H,7-10H2,1H3,(H,17,18). The average Bonchev–Trinajstić information content (AvgIpc) is 2.86. The molecule has 0 bridgehead atoms. The van der Waals surface area contributed by atoms with E-state index in [2.05, 4.69) is 0 Å². The van der Waals surface area contributed by atoms with Crippen LogP contribution in [0.3, 0.4) is 0 Å². The molecule has 1 fully saturated rings. The van der Waals surface area contributed by atoms with E-state index in [1.807, 2.05) is 25.1 Å². The number of ether oxygens (including phenoxy) is 1. The Morgan fingerprint density at radius 2 is 2.05 bits per heavy atom. The van der Waals surface area contributed by atoms with E-state index < -0.39 is 12.1 Å². The number of amides is 1. The Bertz CT molecular complexity index is 474. The number of aliphatic carboxylic acids is 1. The third kappa shape index (κ3) is 3.36. The minimum atomic E-state index is -0.917. The average molecular weight is 277 g/mol. The molecule has 1 N–H and O–H groups in total. The van der Waals surface area contributed by atoms with Gasteiger partial charge in [0, 0.05) is 18.8 Å². The molecule has 20 heavy (non-hydrogen) atoms. The third-order valence-electron chi connectivity index (χ3n) is 3.51. The number of nitrogens with zero attached hydrogens (tertiary/aromatic N) is 1. The number of hydrogen-bond donors (Lipinski definition) is 1. The zero-order valence-corrected chi connectivity index (χ0v) is 11.5. The topological polar surface area (TPSA) is 66.8 Å². The van der Waals surface area contributed by atoms with Crippen LogP contribution in [-0.2, 0) is 14.3 Å². The molecule has 0 aliphatic carbocycles. The van der Waals surface area contributed by atoms with E-state index in [9.17, 15) is 9.59 Å². The van der Waals surface area contributed by atoms with Gasteiger partial charge in [0.05, 0.1) is 6.42 Å². The Morgan fingerprint density at radius 1 is 1.35 bits per heavy atom. The summed E-state index contributed by atoms with van der Waals surface area (Å²) in [5.41, 5.74) is 0.710. The summed E-state index contributed by atoms with van der Waals surface area (Å²) >= 11 is 0. The van der Waals surface area contributed by atoms with Gasteiger partial charge in [-0.25, -0.2) is 0 Å². The molecular formula is C15H19NO4. The highest BCUT2D eigenvalue weighted by Gasteiger charge is 2.34. The highest BCUT2D eigenvalue weighted by molar-refractivity contribution is 5.97. The summed E-state index contributed by atoms with van der Waals surface area (Å²) in [6.45, 7) is 2.72. The molecule has 0 aromatic heterocycles. The van der Waals surface area contributed by atoms with Crippen molar-refractivity contribution in [3.8, 4) is 0 Å². The van der Waals surface area contributed by atoms with Gasteiger partial charge in [-0.1, -0.05) is 25.1 Å². The van der Waals surface area contributed by atoms with Gasteiger partial charge in [0.1, 0.15) is 6.10 Å². The van der Waals surface area contributed by atoms with Crippen molar-refractivity contribution in [3.63, 3.8) is 0 Å². The van der Waals surface area contributed by atoms with E-state index in [0.717, 1.165) is 6.42 Å². The van der Waals surface area contributed by atoms with E-state index in [1.165, 1.54) is 4.90 Å². The van der Waals surface area contributed by atoms with Gasteiger partial charge in [0.15, 0.2) is 0 Å². The first-order chi connectivity index (χ1) is 9.59. The fourth-order valence-corrected chi connectivity index (χ4v) is 2.35. The Morgan fingerprint density at radius 3 is 2.60 bits per heavy atom. The third-order valence-corrected chi connectivity index (χ3v) is 3.51. The molecule has 0 spiro atoms. The van der Waals surface area contributed by atoms with Crippen LogP contribution >= 0.6 is 0 Å². The van der Waals surface area contributed by atoms with Crippen molar-refractivity contribution >= 4 is 17.6 Å². The second kappa shape index (κ2) is 6.52. The van der Waals surface area contributed by atoms with Crippen molar-refractivity contribution in [2.45, 2.75) is 25.9 Å². The number of carbonyl (C=O) groups is 2. The SMILES string of the molecule is CC1CCOC1C(=O)N(CCC(=O)O)c1ccccc1. The number of carboxylic acid groups (broad SMARTS) is 1. The Hall–Kier alpha value is -1.88. The van der Waals surface area contributed by atoms with Gasteiger partial charge >= 0.3 is 5.97 Å². The van der Waals surface area contributed by atoms with Gasteiger partial charge in [-0.2, -0.15) is 0 Å². The van der Waals surface area contributed by atoms with Crippen LogP contribution in [-0.4, -0.2) is 36.2 Å². The lowest BCUT2D eigenvalue weighted by atomic mass is 10.0. The molecule has 2 rings (SSSR count). The van der Waals surface area contributed by atoms with Crippen LogP contribution in [0.15, 0.2) is 30.3 Å². The summed E-state index contributed by atoms with van der Waals surface area (Å²) in [5, 5.41) is 8.84. The van der Waals surface area contributed by atoms with Gasteiger partial charge in [0.2, 0.25) is 0 Å². The number of anilines is 1. The maximum atomic E-state index is 12.6. The lowest BCUT2D eigenvalue weighted by Gasteiger charge is -2.26. The van der Waals surface area contributed by atoms with Gasteiger partial charge in [0.25, 0.3) is 5.91 Å². The number of carboxylic acids is 1. The quantitative estimate of drug-likeness (QED) is 0.893. The minimum Gasteiger partial charge on any atom is -0.481 e. The van der Waals surface area contributed by atoms with E-state index in [0.29, 0.717) is 12.3 Å². The van der Waals surface area contributed by atoms with Crippen LogP contribution in [0.2, 0.25) is 0 Å². The highest BCUT2D eigenvalue weighted by atomic mass is 16.5. The molecule has 1 aliphatic heterocycles. The molecule has 108 valence electrons. The molecule has 1 aromatic carbocycles. The Balaban J connectivity index is 2.17. The summed E-state index contributed by atoms with van der Waals surface area (Å²) in [5.74, 6) is -0.903. The number of benzene rings is 1. The van der Waals surface area contributed by atoms with Gasteiger partial charge in [-0.3, -0.25) is 9.59 Å². The summed E-state index contributed by atoms with van der Waals surface area (Å²) in [4.78, 5) is 24.9. The lowest BCUT2D eigenvalue weighted by Crippen LogP contribution is -2.42. The van der Waals surface area contributed by atoms with Crippen molar-refractivity contribution in [2.75, 3.05) is 18.1 Å². The summed E-state index contributed by atoms with van der Waals surface area (Å²) in [6.07, 6.45) is 0.309. The lowest BCUT2D eigenvalue weighted by molar-refractivity contribution is -0.136. The minimum absolute atomic E-state index is 0.0816. The molecule has 1 aliphatic rings. The number of hydrogen-bond acceptors (Lipinski definition) is 3. The van der Waals surface area contributed by atoms with Crippen LogP contribution in [0, 0.1) is 5.92 Å². The maximum absolute atomic E-state index is 12.6. The molecular weight excluding hydrogens is 258 g/mol. The molecule has 5 heteroatoms. The van der Waals surface area contributed by atoms with E-state index in [1.54, 1.807) is 12.1 Å². The fourth-order valence-electron chi connectivity index (χ4n) is 2.35. The van der Waals surface area contributed by atoms with E-state index in [4.69, 9.17) is 9.84 Å². The molecule has 1 aromatic rings. The summed E-state index contributed by atoms with van der Waals surface area (Å²) < 4.78 is 5.50. The Labute approximate surface area is 118 Å². The maximum Gasteiger partial charge on any atom is 0.305 e. The number of carbonyl (C=O) groups excluding carboxylic acids is 1. The van der Waals surface area contributed by atoms with Crippen LogP contribution in [0.4, 0.5) is 5.69 Å². The van der Waals surface area contributed by atoms with Crippen LogP contribution in [0.5, 0.6) is 0 Å². The molecule has 1 saturated heterocycles. The molecule has 2 atom stereocenters. The van der Waals surface area contributed by atoms with Gasteiger partial charge in [-0.15, -0.1) is 0 Å². The predicted octanol–water partition coefficient (Wildman–Crippen LogP) is 1.92. The second-order valence-corrected chi connectivity index (χ2v) is 5.03. The highest BCUT2D eigenvalue weighted by Crippen LogP contribution is 2.24. The number of rotatable bonds is 5. The van der Waals surface area contributed by atoms with Crippen molar-refractivity contribution in [1.82, 2.24) is 0 Å². The molecule has 0 saturated carbocycles. The Kier molecular flexibility index (Phi) is 4.74. The zero-order valence-electron chi connectivity index (χ0n) is 11.5. The summed E-state index contributed by atoms with van der Waals surface area (Å²) in [6, 6.07) is 9.13. The monoisotopic (exact) mass is 277 g/mol. The first kappa shape index (κ1) is 14.5. The largest absolute Gasteiger partial charge is 0.481 e. The first-order valence-electron chi connectivity index (χ1n) is 6.79. The van der Waals surface area contributed by atoms with Crippen molar-refractivity contribution in [1.29, 1.82) is 0 Å². The molecule has 5 nitrogen and oxygen atoms in total. The second-order valence-electron chi connectivity index (χ2n) is 5.03. The molecule has 2 unspecified atom stereocenters. The zero-order chi connectivity index (χ0) is 14.5. The van der Waals surface area contributed by atoms with Gasteiger partial charge < -0.3 is 14.7 Å². The van der Waals surface area contributed by atoms with Crippen LogP contribution < -0.4 is 4.90 Å². The molecule has 0 radical (unpaired) electrons. The fraction of sp³-hybridized carbons (Fsp3) is 0.467. The molecule has 1 amide bonds. The van der Waals surface area contributed by atoms with Crippen molar-refractivity contribution in [3.05, 3.63) is 30.3 Å². The van der Waals surface area contributed by atoms with E-state index >= 15 is 0 Å². The first-order valence-corrected chi connectivity index (χ1v) is 6.79. The van der Waals surface area contributed by atoms with Gasteiger partial charge in [-0.05, 0) is 24.5 Å². The van der Waals surface area contributed by atoms with Crippen LogP contribution in [0.25, 0.3) is 0 Å². The predicted molar refractivity (Wildman–Crippen MR) is 74.6 cm³/mol. The smallest absolute Gasteiger partial charge is 0.305 e. The number of para-hydroxylation sites is 1.